The Morgan fingerprint density at radius 3 is 1.35 bits per heavy atom. The zero-order valence-electron chi connectivity index (χ0n) is 18.8. The summed E-state index contributed by atoms with van der Waals surface area (Å²) >= 11 is 3.40. The molecule has 0 amide bonds. The maximum atomic E-state index is 4.95. The van der Waals surface area contributed by atoms with E-state index in [0.717, 1.165) is 55.1 Å². The van der Waals surface area contributed by atoms with Gasteiger partial charge in [0.05, 0.1) is 34.2 Å². The summed E-state index contributed by atoms with van der Waals surface area (Å²) in [6.07, 6.45) is 7.75. The van der Waals surface area contributed by atoms with Crippen molar-refractivity contribution in [3.63, 3.8) is 0 Å². The molecule has 166 valence electrons. The second-order valence-corrected chi connectivity index (χ2v) is 9.32. The molecule has 1 aromatic carbocycles. The lowest BCUT2D eigenvalue weighted by Crippen LogP contribution is -1.94. The molecule has 34 heavy (non-hydrogen) atoms. The van der Waals surface area contributed by atoms with Crippen molar-refractivity contribution in [1.29, 1.82) is 0 Å². The maximum absolute atomic E-state index is 4.95. The van der Waals surface area contributed by atoms with Crippen molar-refractivity contribution in [1.82, 2.24) is 19.9 Å². The SMILES string of the molecule is CSc1cc(-c2cccc(-c3cc(SC)cc(-c4ccccn4)n3)c2)nc(-c2ccccn2)c1. The molecule has 0 unspecified atom stereocenters. The predicted molar refractivity (Wildman–Crippen MR) is 143 cm³/mol. The average Bonchev–Trinajstić information content (AvgIpc) is 2.93. The Morgan fingerprint density at radius 1 is 0.471 bits per heavy atom. The second kappa shape index (κ2) is 10.2. The average molecular weight is 479 g/mol. The van der Waals surface area contributed by atoms with Crippen molar-refractivity contribution in [3.8, 4) is 45.3 Å². The monoisotopic (exact) mass is 478 g/mol. The summed E-state index contributed by atoms with van der Waals surface area (Å²) in [6, 6.07) is 28.6. The summed E-state index contributed by atoms with van der Waals surface area (Å²) in [5.41, 5.74) is 7.39. The van der Waals surface area contributed by atoms with Crippen LogP contribution < -0.4 is 0 Å². The highest BCUT2D eigenvalue weighted by molar-refractivity contribution is 7.98. The van der Waals surface area contributed by atoms with Gasteiger partial charge in [-0.25, -0.2) is 9.97 Å². The van der Waals surface area contributed by atoms with Crippen molar-refractivity contribution < 1.29 is 0 Å². The van der Waals surface area contributed by atoms with Gasteiger partial charge in [-0.1, -0.05) is 30.3 Å². The van der Waals surface area contributed by atoms with Gasteiger partial charge >= 0.3 is 0 Å². The molecule has 0 aliphatic carbocycles. The van der Waals surface area contributed by atoms with Crippen molar-refractivity contribution >= 4 is 23.5 Å². The van der Waals surface area contributed by atoms with Crippen molar-refractivity contribution in [2.45, 2.75) is 9.79 Å². The van der Waals surface area contributed by atoms with Crippen LogP contribution in [0.15, 0.2) is 107 Å². The molecule has 5 aromatic rings. The molecule has 0 spiro atoms. The number of benzene rings is 1. The number of thioether (sulfide) groups is 2. The fraction of sp³-hybridized carbons (Fsp3) is 0.0714. The third kappa shape index (κ3) is 4.88. The van der Waals surface area contributed by atoms with Crippen LogP contribution in [0, 0.1) is 0 Å². The van der Waals surface area contributed by atoms with Crippen LogP contribution in [0.5, 0.6) is 0 Å². The van der Waals surface area contributed by atoms with E-state index in [4.69, 9.17) is 9.97 Å². The fourth-order valence-electron chi connectivity index (χ4n) is 3.67. The van der Waals surface area contributed by atoms with Crippen molar-refractivity contribution in [2.75, 3.05) is 12.5 Å². The lowest BCUT2D eigenvalue weighted by molar-refractivity contribution is 1.21. The molecule has 0 N–H and O–H groups in total. The molecule has 0 fully saturated rings. The van der Waals surface area contributed by atoms with Gasteiger partial charge in [0.15, 0.2) is 0 Å². The molecule has 0 saturated heterocycles. The Morgan fingerprint density at radius 2 is 0.941 bits per heavy atom. The number of nitrogens with zero attached hydrogens (tertiary/aromatic N) is 4. The maximum Gasteiger partial charge on any atom is 0.0904 e. The first kappa shape index (κ1) is 22.3. The molecular weight excluding hydrogens is 456 g/mol. The molecule has 5 rings (SSSR count). The standard InChI is InChI=1S/C28H22N4S2/c1-33-21-15-25(31-27(17-21)23-10-3-5-12-29-23)19-8-7-9-20(14-19)26-16-22(34-2)18-28(32-26)24-11-4-6-13-30-24/h3-18H,1-2H3. The lowest BCUT2D eigenvalue weighted by atomic mass is 10.0. The molecule has 0 atom stereocenters. The first-order chi connectivity index (χ1) is 16.7. The fourth-order valence-corrected chi connectivity index (χ4v) is 4.59. The molecule has 6 heteroatoms. The largest absolute Gasteiger partial charge is 0.255 e. The van der Waals surface area contributed by atoms with Crippen LogP contribution in [0.25, 0.3) is 45.3 Å². The van der Waals surface area contributed by atoms with Crippen LogP contribution in [0.2, 0.25) is 0 Å². The van der Waals surface area contributed by atoms with Gasteiger partial charge in [0.2, 0.25) is 0 Å². The van der Waals surface area contributed by atoms with E-state index in [2.05, 4.69) is 71.0 Å². The minimum absolute atomic E-state index is 0.866. The third-order valence-electron chi connectivity index (χ3n) is 5.38. The molecule has 0 aliphatic heterocycles. The van der Waals surface area contributed by atoms with Crippen LogP contribution in [0.3, 0.4) is 0 Å². The Balaban J connectivity index is 1.59. The van der Waals surface area contributed by atoms with Gasteiger partial charge in [0, 0.05) is 33.3 Å². The van der Waals surface area contributed by atoms with Crippen LogP contribution in [0.4, 0.5) is 0 Å². The highest BCUT2D eigenvalue weighted by Gasteiger charge is 2.11. The minimum Gasteiger partial charge on any atom is -0.255 e. The van der Waals surface area contributed by atoms with Crippen LogP contribution in [-0.2, 0) is 0 Å². The normalized spacial score (nSPS) is 10.9. The number of aromatic nitrogens is 4. The van der Waals surface area contributed by atoms with E-state index in [1.165, 1.54) is 0 Å². The van der Waals surface area contributed by atoms with Gasteiger partial charge in [-0.05, 0) is 67.1 Å². The third-order valence-corrected chi connectivity index (χ3v) is 6.79. The number of rotatable bonds is 6. The van der Waals surface area contributed by atoms with Crippen molar-refractivity contribution in [2.24, 2.45) is 0 Å². The molecular formula is C28H22N4S2. The van der Waals surface area contributed by atoms with Crippen LogP contribution >= 0.6 is 23.5 Å². The Bertz CT molecular complexity index is 1320. The summed E-state index contributed by atoms with van der Waals surface area (Å²) in [7, 11) is 0. The van der Waals surface area contributed by atoms with E-state index in [0.29, 0.717) is 0 Å². The zero-order valence-corrected chi connectivity index (χ0v) is 20.5. The molecule has 4 aromatic heterocycles. The first-order valence-corrected chi connectivity index (χ1v) is 13.2. The Kier molecular flexibility index (Phi) is 6.70. The van der Waals surface area contributed by atoms with E-state index in [-0.39, 0.29) is 0 Å². The van der Waals surface area contributed by atoms with Gasteiger partial charge < -0.3 is 0 Å². The molecule has 4 nitrogen and oxygen atoms in total. The van der Waals surface area contributed by atoms with Gasteiger partial charge in [-0.15, -0.1) is 23.5 Å². The molecule has 0 saturated carbocycles. The molecule has 4 heterocycles. The predicted octanol–water partition coefficient (Wildman–Crippen LogP) is 7.38. The van der Waals surface area contributed by atoms with E-state index >= 15 is 0 Å². The van der Waals surface area contributed by atoms with Crippen LogP contribution in [-0.4, -0.2) is 32.4 Å². The zero-order chi connectivity index (χ0) is 23.3. The number of pyridine rings is 4. The van der Waals surface area contributed by atoms with E-state index < -0.39 is 0 Å². The van der Waals surface area contributed by atoms with Gasteiger partial charge in [0.25, 0.3) is 0 Å². The van der Waals surface area contributed by atoms with Crippen LogP contribution in [0.1, 0.15) is 0 Å². The molecule has 0 radical (unpaired) electrons. The van der Waals surface area contributed by atoms with Crippen molar-refractivity contribution in [3.05, 3.63) is 97.3 Å². The second-order valence-electron chi connectivity index (χ2n) is 7.57. The topological polar surface area (TPSA) is 51.6 Å². The molecule has 0 bridgehead atoms. The minimum atomic E-state index is 0.866. The Labute approximate surface area is 208 Å². The van der Waals surface area contributed by atoms with Gasteiger partial charge in [-0.2, -0.15) is 0 Å². The van der Waals surface area contributed by atoms with E-state index in [9.17, 15) is 0 Å². The van der Waals surface area contributed by atoms with Gasteiger partial charge in [-0.3, -0.25) is 9.97 Å². The lowest BCUT2D eigenvalue weighted by Gasteiger charge is -2.11. The number of hydrogen-bond acceptors (Lipinski definition) is 6. The first-order valence-electron chi connectivity index (χ1n) is 10.8. The highest BCUT2D eigenvalue weighted by Crippen LogP contribution is 2.32. The smallest absolute Gasteiger partial charge is 0.0904 e. The Hall–Kier alpha value is -3.48. The van der Waals surface area contributed by atoms with E-state index in [1.54, 1.807) is 35.9 Å². The summed E-state index contributed by atoms with van der Waals surface area (Å²) in [4.78, 5) is 21.2. The summed E-state index contributed by atoms with van der Waals surface area (Å²) in [6.45, 7) is 0. The summed E-state index contributed by atoms with van der Waals surface area (Å²) in [5.74, 6) is 0. The summed E-state index contributed by atoms with van der Waals surface area (Å²) in [5, 5.41) is 0. The summed E-state index contributed by atoms with van der Waals surface area (Å²) < 4.78 is 0. The van der Waals surface area contributed by atoms with Gasteiger partial charge in [0.1, 0.15) is 0 Å². The highest BCUT2D eigenvalue weighted by atomic mass is 32.2. The quantitative estimate of drug-likeness (QED) is 0.237. The number of hydrogen-bond donors (Lipinski definition) is 0. The van der Waals surface area contributed by atoms with E-state index in [1.807, 2.05) is 36.4 Å². The molecule has 0 aliphatic rings.